The maximum absolute atomic E-state index is 12.5. The minimum absolute atomic E-state index is 0.189. The summed E-state index contributed by atoms with van der Waals surface area (Å²) in [5.74, 6) is 0.135. The maximum atomic E-state index is 12.5. The molecule has 0 spiro atoms. The number of carbonyl (C=O) groups is 2. The maximum Gasteiger partial charge on any atom is 0.341 e. The zero-order valence-electron chi connectivity index (χ0n) is 14.8. The number of amides is 1. The number of methoxy groups -OCH3 is 2. The molecule has 134 valence electrons. The van der Waals surface area contributed by atoms with Crippen LogP contribution in [0.5, 0.6) is 5.75 Å². The topological polar surface area (TPSA) is 64.6 Å². The summed E-state index contributed by atoms with van der Waals surface area (Å²) in [5, 5.41) is 4.14. The Morgan fingerprint density at radius 2 is 1.88 bits per heavy atom. The highest BCUT2D eigenvalue weighted by Gasteiger charge is 2.21. The zero-order chi connectivity index (χ0) is 18.7. The molecule has 26 heavy (non-hydrogen) atoms. The average molecular weight is 369 g/mol. The lowest BCUT2D eigenvalue weighted by atomic mass is 10.1. The molecule has 0 saturated carbocycles. The van der Waals surface area contributed by atoms with E-state index in [4.69, 9.17) is 9.47 Å². The van der Waals surface area contributed by atoms with Gasteiger partial charge in [0.25, 0.3) is 0 Å². The van der Waals surface area contributed by atoms with Crippen molar-refractivity contribution < 1.29 is 19.1 Å². The molecule has 1 N–H and O–H groups in total. The van der Waals surface area contributed by atoms with Crippen LogP contribution < -0.4 is 10.1 Å². The van der Waals surface area contributed by atoms with Gasteiger partial charge in [0, 0.05) is 10.1 Å². The van der Waals surface area contributed by atoms with Gasteiger partial charge in [-0.15, -0.1) is 11.3 Å². The van der Waals surface area contributed by atoms with E-state index in [0.717, 1.165) is 27.0 Å². The summed E-state index contributed by atoms with van der Waals surface area (Å²) in [7, 11) is 2.95. The van der Waals surface area contributed by atoms with Gasteiger partial charge in [-0.05, 0) is 30.2 Å². The van der Waals surface area contributed by atoms with E-state index >= 15 is 0 Å². The predicted molar refractivity (Wildman–Crippen MR) is 103 cm³/mol. The molecule has 2 aromatic carbocycles. The van der Waals surface area contributed by atoms with Crippen LogP contribution in [0.25, 0.3) is 10.1 Å². The van der Waals surface area contributed by atoms with Crippen molar-refractivity contribution in [3.8, 4) is 5.75 Å². The van der Waals surface area contributed by atoms with E-state index < -0.39 is 5.97 Å². The number of rotatable bonds is 5. The second kappa shape index (κ2) is 7.58. The first-order valence-corrected chi connectivity index (χ1v) is 8.88. The molecular weight excluding hydrogens is 350 g/mol. The summed E-state index contributed by atoms with van der Waals surface area (Å²) in [6.45, 7) is 1.93. The van der Waals surface area contributed by atoms with E-state index in [1.54, 1.807) is 7.11 Å². The molecule has 0 aliphatic rings. The molecule has 0 saturated heterocycles. The first kappa shape index (κ1) is 17.9. The highest BCUT2D eigenvalue weighted by atomic mass is 32.1. The van der Waals surface area contributed by atoms with Crippen molar-refractivity contribution in [1.82, 2.24) is 0 Å². The third-order valence-electron chi connectivity index (χ3n) is 4.06. The van der Waals surface area contributed by atoms with Crippen molar-refractivity contribution in [2.45, 2.75) is 13.3 Å². The molecule has 3 rings (SSSR count). The number of benzene rings is 2. The van der Waals surface area contributed by atoms with E-state index in [1.165, 1.54) is 18.4 Å². The number of esters is 1. The van der Waals surface area contributed by atoms with Gasteiger partial charge in [0.2, 0.25) is 5.91 Å². The Morgan fingerprint density at radius 1 is 1.12 bits per heavy atom. The van der Waals surface area contributed by atoms with Crippen molar-refractivity contribution in [1.29, 1.82) is 0 Å². The number of fused-ring (bicyclic) bond motifs is 1. The SMILES string of the molecule is COC(=O)c1c(NC(=O)Cc2ccc(OC)c(C)c2)sc2ccccc12. The predicted octanol–water partition coefficient (Wildman–Crippen LogP) is 4.19. The normalized spacial score (nSPS) is 10.6. The Bertz CT molecular complexity index is 977. The van der Waals surface area contributed by atoms with Crippen LogP contribution in [0, 0.1) is 6.92 Å². The van der Waals surface area contributed by atoms with E-state index in [0.29, 0.717) is 10.6 Å². The highest BCUT2D eigenvalue weighted by molar-refractivity contribution is 7.23. The molecule has 1 aromatic heterocycles. The van der Waals surface area contributed by atoms with Crippen LogP contribution in [0.3, 0.4) is 0 Å². The van der Waals surface area contributed by atoms with Crippen LogP contribution in [0.4, 0.5) is 5.00 Å². The molecule has 0 fully saturated rings. The second-order valence-corrected chi connectivity index (χ2v) is 6.88. The molecule has 0 aliphatic heterocycles. The van der Waals surface area contributed by atoms with Crippen molar-refractivity contribution in [2.75, 3.05) is 19.5 Å². The van der Waals surface area contributed by atoms with Gasteiger partial charge >= 0.3 is 5.97 Å². The van der Waals surface area contributed by atoms with Gasteiger partial charge in [0.15, 0.2) is 0 Å². The Kier molecular flexibility index (Phi) is 5.23. The van der Waals surface area contributed by atoms with Gasteiger partial charge in [-0.2, -0.15) is 0 Å². The molecule has 0 atom stereocenters. The van der Waals surface area contributed by atoms with Crippen molar-refractivity contribution in [3.63, 3.8) is 0 Å². The summed E-state index contributed by atoms with van der Waals surface area (Å²) in [6, 6.07) is 13.1. The molecular formula is C20H19NO4S. The highest BCUT2D eigenvalue weighted by Crippen LogP contribution is 2.36. The molecule has 1 heterocycles. The summed E-state index contributed by atoms with van der Waals surface area (Å²) < 4.78 is 11.0. The fourth-order valence-corrected chi connectivity index (χ4v) is 3.95. The van der Waals surface area contributed by atoms with E-state index in [9.17, 15) is 9.59 Å². The Balaban J connectivity index is 1.85. The summed E-state index contributed by atoms with van der Waals surface area (Å²) in [6.07, 6.45) is 0.208. The minimum atomic E-state index is -0.460. The smallest absolute Gasteiger partial charge is 0.341 e. The molecule has 5 nitrogen and oxygen atoms in total. The second-order valence-electron chi connectivity index (χ2n) is 5.82. The van der Waals surface area contributed by atoms with Crippen LogP contribution in [-0.4, -0.2) is 26.1 Å². The number of anilines is 1. The van der Waals surface area contributed by atoms with E-state index in [-0.39, 0.29) is 12.3 Å². The fourth-order valence-electron chi connectivity index (χ4n) is 2.84. The van der Waals surface area contributed by atoms with Crippen LogP contribution in [0.2, 0.25) is 0 Å². The molecule has 1 amide bonds. The van der Waals surface area contributed by atoms with E-state index in [1.807, 2.05) is 49.4 Å². The Hall–Kier alpha value is -2.86. The molecule has 6 heteroatoms. The standard InChI is InChI=1S/C20H19NO4S/c1-12-10-13(8-9-15(12)24-2)11-17(22)21-19-18(20(23)25-3)14-6-4-5-7-16(14)26-19/h4-10H,11H2,1-3H3,(H,21,22). The number of hydrogen-bond acceptors (Lipinski definition) is 5. The number of aryl methyl sites for hydroxylation is 1. The molecule has 0 unspecified atom stereocenters. The van der Waals surface area contributed by atoms with Crippen molar-refractivity contribution in [3.05, 3.63) is 59.2 Å². The lowest BCUT2D eigenvalue weighted by Gasteiger charge is -2.08. The van der Waals surface area contributed by atoms with Gasteiger partial charge in [-0.3, -0.25) is 4.79 Å². The van der Waals surface area contributed by atoms with E-state index in [2.05, 4.69) is 5.32 Å². The van der Waals surface area contributed by atoms with Crippen LogP contribution in [-0.2, 0) is 16.0 Å². The van der Waals surface area contributed by atoms with Crippen LogP contribution in [0.1, 0.15) is 21.5 Å². The first-order valence-electron chi connectivity index (χ1n) is 8.06. The zero-order valence-corrected chi connectivity index (χ0v) is 15.6. The lowest BCUT2D eigenvalue weighted by Crippen LogP contribution is -2.16. The molecule has 0 aliphatic carbocycles. The third kappa shape index (κ3) is 3.55. The minimum Gasteiger partial charge on any atom is -0.496 e. The monoisotopic (exact) mass is 369 g/mol. The van der Waals surface area contributed by atoms with Gasteiger partial charge in [0.05, 0.1) is 20.6 Å². The number of hydrogen-bond donors (Lipinski definition) is 1. The van der Waals surface area contributed by atoms with Crippen LogP contribution in [0.15, 0.2) is 42.5 Å². The van der Waals surface area contributed by atoms with Gasteiger partial charge in [-0.1, -0.05) is 30.3 Å². The largest absolute Gasteiger partial charge is 0.496 e. The number of thiophene rings is 1. The average Bonchev–Trinajstić information content (AvgIpc) is 2.98. The quantitative estimate of drug-likeness (QED) is 0.685. The number of ether oxygens (including phenoxy) is 2. The number of nitrogens with one attached hydrogen (secondary N) is 1. The Morgan fingerprint density at radius 3 is 2.58 bits per heavy atom. The lowest BCUT2D eigenvalue weighted by molar-refractivity contribution is -0.115. The molecule has 0 radical (unpaired) electrons. The summed E-state index contributed by atoms with van der Waals surface area (Å²) in [4.78, 5) is 24.7. The molecule has 3 aromatic rings. The fraction of sp³-hybridized carbons (Fsp3) is 0.200. The molecule has 0 bridgehead atoms. The van der Waals surface area contributed by atoms with Crippen molar-refractivity contribution >= 4 is 38.3 Å². The summed E-state index contributed by atoms with van der Waals surface area (Å²) >= 11 is 1.36. The Labute approximate surface area is 155 Å². The van der Waals surface area contributed by atoms with Crippen molar-refractivity contribution in [2.24, 2.45) is 0 Å². The third-order valence-corrected chi connectivity index (χ3v) is 5.15. The van der Waals surface area contributed by atoms with Gasteiger partial charge in [0.1, 0.15) is 16.3 Å². The number of carbonyl (C=O) groups excluding carboxylic acids is 2. The van der Waals surface area contributed by atoms with Gasteiger partial charge < -0.3 is 14.8 Å². The van der Waals surface area contributed by atoms with Crippen LogP contribution >= 0.6 is 11.3 Å². The van der Waals surface area contributed by atoms with Gasteiger partial charge in [-0.25, -0.2) is 4.79 Å². The summed E-state index contributed by atoms with van der Waals surface area (Å²) in [5.41, 5.74) is 2.24. The first-order chi connectivity index (χ1) is 12.5.